The van der Waals surface area contributed by atoms with Crippen molar-refractivity contribution in [2.45, 2.75) is 32.1 Å². The Morgan fingerprint density at radius 2 is 2.05 bits per heavy atom. The van der Waals surface area contributed by atoms with Gasteiger partial charge in [0, 0.05) is 26.6 Å². The highest BCUT2D eigenvalue weighted by Crippen LogP contribution is 2.18. The van der Waals surface area contributed by atoms with E-state index in [1.54, 1.807) is 0 Å². The van der Waals surface area contributed by atoms with E-state index in [2.05, 4.69) is 17.3 Å². The fraction of sp³-hybridized carbons (Fsp3) is 0.933. The van der Waals surface area contributed by atoms with Crippen molar-refractivity contribution in [1.29, 1.82) is 0 Å². The SMILES string of the molecule is CN1CCCC(CN(C)C(=O)CCC2CCNC2)C1.Cl.Cl. The first-order valence-corrected chi connectivity index (χ1v) is 7.78. The van der Waals surface area contributed by atoms with E-state index in [-0.39, 0.29) is 24.8 Å². The molecule has 0 saturated carbocycles. The molecule has 126 valence electrons. The van der Waals surface area contributed by atoms with Gasteiger partial charge < -0.3 is 15.1 Å². The summed E-state index contributed by atoms with van der Waals surface area (Å²) in [4.78, 5) is 16.5. The maximum atomic E-state index is 12.1. The van der Waals surface area contributed by atoms with Gasteiger partial charge >= 0.3 is 0 Å². The molecule has 2 saturated heterocycles. The molecule has 0 aromatic carbocycles. The number of hydrogen-bond acceptors (Lipinski definition) is 3. The molecule has 4 nitrogen and oxygen atoms in total. The summed E-state index contributed by atoms with van der Waals surface area (Å²) in [6.45, 7) is 5.52. The van der Waals surface area contributed by atoms with Crippen LogP contribution >= 0.6 is 24.8 Å². The molecule has 2 rings (SSSR count). The molecular formula is C15H31Cl2N3O. The Balaban J connectivity index is 0.00000200. The van der Waals surface area contributed by atoms with Crippen LogP contribution in [-0.2, 0) is 4.79 Å². The van der Waals surface area contributed by atoms with E-state index in [0.29, 0.717) is 11.8 Å². The van der Waals surface area contributed by atoms with Crippen LogP contribution in [-0.4, -0.2) is 62.5 Å². The molecule has 0 aromatic heterocycles. The van der Waals surface area contributed by atoms with E-state index >= 15 is 0 Å². The van der Waals surface area contributed by atoms with Crippen LogP contribution in [0.4, 0.5) is 0 Å². The van der Waals surface area contributed by atoms with Gasteiger partial charge in [-0.25, -0.2) is 0 Å². The van der Waals surface area contributed by atoms with E-state index in [1.165, 1.54) is 25.8 Å². The van der Waals surface area contributed by atoms with Gasteiger partial charge in [0.1, 0.15) is 0 Å². The first kappa shape index (κ1) is 21.0. The lowest BCUT2D eigenvalue weighted by Crippen LogP contribution is -2.40. The molecule has 0 aromatic rings. The number of likely N-dealkylation sites (tertiary alicyclic amines) is 1. The quantitative estimate of drug-likeness (QED) is 0.832. The number of hydrogen-bond donors (Lipinski definition) is 1. The summed E-state index contributed by atoms with van der Waals surface area (Å²) < 4.78 is 0. The standard InChI is InChI=1S/C15H29N3O.2ClH/c1-17-9-3-4-14(11-17)12-18(2)15(19)6-5-13-7-8-16-10-13;;/h13-14,16H,3-12H2,1-2H3;2*1H. The number of piperidine rings is 1. The van der Waals surface area contributed by atoms with Crippen LogP contribution in [0, 0.1) is 11.8 Å². The Bertz CT molecular complexity index is 299. The van der Waals surface area contributed by atoms with Crippen molar-refractivity contribution in [2.24, 2.45) is 11.8 Å². The van der Waals surface area contributed by atoms with E-state index in [1.807, 2.05) is 11.9 Å². The number of carbonyl (C=O) groups is 1. The lowest BCUT2D eigenvalue weighted by molar-refractivity contribution is -0.131. The van der Waals surface area contributed by atoms with E-state index in [4.69, 9.17) is 0 Å². The van der Waals surface area contributed by atoms with Crippen LogP contribution in [0.15, 0.2) is 0 Å². The maximum Gasteiger partial charge on any atom is 0.222 e. The molecule has 6 heteroatoms. The van der Waals surface area contributed by atoms with Crippen molar-refractivity contribution in [3.8, 4) is 0 Å². The van der Waals surface area contributed by atoms with E-state index < -0.39 is 0 Å². The van der Waals surface area contributed by atoms with Gasteiger partial charge in [0.05, 0.1) is 0 Å². The Morgan fingerprint density at radius 3 is 2.67 bits per heavy atom. The highest BCUT2D eigenvalue weighted by molar-refractivity contribution is 5.85. The van der Waals surface area contributed by atoms with Gasteiger partial charge in [0.2, 0.25) is 5.91 Å². The zero-order valence-electron chi connectivity index (χ0n) is 13.3. The summed E-state index contributed by atoms with van der Waals surface area (Å²) in [6, 6.07) is 0. The second-order valence-corrected chi connectivity index (χ2v) is 6.44. The normalized spacial score (nSPS) is 25.8. The molecule has 0 radical (unpaired) electrons. The second kappa shape index (κ2) is 10.7. The number of nitrogens with one attached hydrogen (secondary N) is 1. The molecule has 0 aliphatic carbocycles. The number of rotatable bonds is 5. The Kier molecular flexibility index (Phi) is 10.6. The molecular weight excluding hydrogens is 309 g/mol. The molecule has 2 fully saturated rings. The summed E-state index contributed by atoms with van der Waals surface area (Å²) in [5.41, 5.74) is 0. The smallest absolute Gasteiger partial charge is 0.222 e. The monoisotopic (exact) mass is 339 g/mol. The summed E-state index contributed by atoms with van der Waals surface area (Å²) in [5.74, 6) is 1.72. The molecule has 2 aliphatic rings. The zero-order chi connectivity index (χ0) is 13.7. The van der Waals surface area contributed by atoms with Gasteiger partial charge in [-0.15, -0.1) is 24.8 Å². The molecule has 1 N–H and O–H groups in total. The zero-order valence-corrected chi connectivity index (χ0v) is 15.0. The first-order chi connectivity index (χ1) is 9.15. The van der Waals surface area contributed by atoms with Gasteiger partial charge in [-0.3, -0.25) is 4.79 Å². The van der Waals surface area contributed by atoms with Crippen LogP contribution in [0.2, 0.25) is 0 Å². The van der Waals surface area contributed by atoms with Gasteiger partial charge in [-0.2, -0.15) is 0 Å². The summed E-state index contributed by atoms with van der Waals surface area (Å²) in [7, 11) is 4.16. The summed E-state index contributed by atoms with van der Waals surface area (Å²) >= 11 is 0. The molecule has 2 atom stereocenters. The highest BCUT2D eigenvalue weighted by Gasteiger charge is 2.22. The average molecular weight is 340 g/mol. The lowest BCUT2D eigenvalue weighted by atomic mass is 9.97. The van der Waals surface area contributed by atoms with Crippen molar-refractivity contribution in [3.05, 3.63) is 0 Å². The lowest BCUT2D eigenvalue weighted by Gasteiger charge is -2.32. The third kappa shape index (κ3) is 7.18. The minimum Gasteiger partial charge on any atom is -0.345 e. The minimum atomic E-state index is 0. The van der Waals surface area contributed by atoms with Crippen molar-refractivity contribution in [3.63, 3.8) is 0 Å². The maximum absolute atomic E-state index is 12.1. The molecule has 0 spiro atoms. The summed E-state index contributed by atoms with van der Waals surface area (Å²) in [6.07, 6.45) is 5.57. The predicted octanol–water partition coefficient (Wildman–Crippen LogP) is 2.02. The molecule has 0 bridgehead atoms. The van der Waals surface area contributed by atoms with Crippen molar-refractivity contribution in [2.75, 3.05) is 46.8 Å². The van der Waals surface area contributed by atoms with Crippen LogP contribution in [0.1, 0.15) is 32.1 Å². The van der Waals surface area contributed by atoms with Gasteiger partial charge in [-0.1, -0.05) is 0 Å². The molecule has 2 unspecified atom stereocenters. The van der Waals surface area contributed by atoms with Gasteiger partial charge in [-0.05, 0) is 64.2 Å². The second-order valence-electron chi connectivity index (χ2n) is 6.44. The van der Waals surface area contributed by atoms with Crippen molar-refractivity contribution >= 4 is 30.7 Å². The van der Waals surface area contributed by atoms with Crippen molar-refractivity contribution in [1.82, 2.24) is 15.1 Å². The van der Waals surface area contributed by atoms with Crippen LogP contribution in [0.3, 0.4) is 0 Å². The Hall–Kier alpha value is -0.0300. The molecule has 21 heavy (non-hydrogen) atoms. The van der Waals surface area contributed by atoms with Crippen LogP contribution in [0.5, 0.6) is 0 Å². The number of amides is 1. The third-order valence-electron chi connectivity index (χ3n) is 4.61. The van der Waals surface area contributed by atoms with E-state index in [9.17, 15) is 4.79 Å². The molecule has 2 heterocycles. The van der Waals surface area contributed by atoms with E-state index in [0.717, 1.165) is 44.9 Å². The van der Waals surface area contributed by atoms with Crippen molar-refractivity contribution < 1.29 is 4.79 Å². The van der Waals surface area contributed by atoms with Gasteiger partial charge in [0.15, 0.2) is 0 Å². The third-order valence-corrected chi connectivity index (χ3v) is 4.61. The molecule has 2 aliphatic heterocycles. The summed E-state index contributed by atoms with van der Waals surface area (Å²) in [5, 5.41) is 3.37. The van der Waals surface area contributed by atoms with Crippen LogP contribution < -0.4 is 5.32 Å². The fourth-order valence-corrected chi connectivity index (χ4v) is 3.39. The topological polar surface area (TPSA) is 35.6 Å². The molecule has 1 amide bonds. The highest BCUT2D eigenvalue weighted by atomic mass is 35.5. The number of halogens is 2. The minimum absolute atomic E-state index is 0. The first-order valence-electron chi connectivity index (χ1n) is 7.78. The number of nitrogens with zero attached hydrogens (tertiary/aromatic N) is 2. The largest absolute Gasteiger partial charge is 0.345 e. The number of carbonyl (C=O) groups excluding carboxylic acids is 1. The fourth-order valence-electron chi connectivity index (χ4n) is 3.39. The van der Waals surface area contributed by atoms with Crippen LogP contribution in [0.25, 0.3) is 0 Å². The van der Waals surface area contributed by atoms with Gasteiger partial charge in [0.25, 0.3) is 0 Å². The average Bonchev–Trinajstić information content (AvgIpc) is 2.89. The predicted molar refractivity (Wildman–Crippen MR) is 92.6 cm³/mol. The Morgan fingerprint density at radius 1 is 1.29 bits per heavy atom. The Labute approximate surface area is 141 Å².